The van der Waals surface area contributed by atoms with Gasteiger partial charge in [-0.25, -0.2) is 10.6 Å². The van der Waals surface area contributed by atoms with E-state index in [0.29, 0.717) is 37.4 Å². The number of benzene rings is 4. The van der Waals surface area contributed by atoms with Crippen LogP contribution >= 0.6 is 35.1 Å². The van der Waals surface area contributed by atoms with E-state index in [9.17, 15) is 9.90 Å². The van der Waals surface area contributed by atoms with Crippen LogP contribution in [0.15, 0.2) is 89.5 Å². The maximum Gasteiger partial charge on any atom is 0.352 e. The van der Waals surface area contributed by atoms with Gasteiger partial charge >= 0.3 is 5.97 Å². The number of carbonyl (C=O) groups is 1. The van der Waals surface area contributed by atoms with Crippen LogP contribution in [0.1, 0.15) is 78.2 Å². The van der Waals surface area contributed by atoms with Crippen LogP contribution in [0.3, 0.4) is 0 Å². The fourth-order valence-corrected chi connectivity index (χ4v) is 9.67. The standard InChI is InChI=1S/C44H48ClN5O4S2/c1-27(2)50-32-22-31(47-50)25-55-20-18-35(28(3)49(46)24-29-12-14-33(53-5)15-13-29)41-39(45)17-16-38-37(43(44(51)52)48(4)42(38)41)11-8-19-54-40-23-34(56-26-32)21-30-9-6-7-10-36(30)40/h6-7,9-10,12-17,21-23,27H,8,11,18-20,24-26,46H2,1-5H3,(H,51,52)/b35-28+. The lowest BCUT2D eigenvalue weighted by Crippen LogP contribution is -2.29. The number of thioether (sulfide) groups is 2. The summed E-state index contributed by atoms with van der Waals surface area (Å²) in [6.45, 7) is 7.25. The molecule has 0 unspecified atom stereocenters. The van der Waals surface area contributed by atoms with Crippen LogP contribution in [0.4, 0.5) is 0 Å². The molecule has 3 heterocycles. The predicted octanol–water partition coefficient (Wildman–Crippen LogP) is 10.5. The summed E-state index contributed by atoms with van der Waals surface area (Å²) < 4.78 is 15.8. The molecule has 56 heavy (non-hydrogen) atoms. The summed E-state index contributed by atoms with van der Waals surface area (Å²) in [5, 5.41) is 21.0. The molecule has 0 atom stereocenters. The smallest absolute Gasteiger partial charge is 0.352 e. The number of fused-ring (bicyclic) bond motifs is 6. The van der Waals surface area contributed by atoms with Crippen LogP contribution in [0.25, 0.3) is 27.2 Å². The fourth-order valence-electron chi connectivity index (χ4n) is 7.63. The van der Waals surface area contributed by atoms with Crippen molar-refractivity contribution in [1.82, 2.24) is 19.4 Å². The van der Waals surface area contributed by atoms with E-state index in [0.717, 1.165) is 89.0 Å². The number of aromatic carboxylic acids is 1. The largest absolute Gasteiger partial charge is 0.497 e. The highest BCUT2D eigenvalue weighted by Crippen LogP contribution is 2.41. The highest BCUT2D eigenvalue weighted by molar-refractivity contribution is 7.98. The third-order valence-electron chi connectivity index (χ3n) is 10.4. The topological polar surface area (TPSA) is 108 Å². The molecular formula is C44H48ClN5O4S2. The van der Waals surface area contributed by atoms with Crippen molar-refractivity contribution in [2.45, 2.75) is 69.0 Å². The molecule has 292 valence electrons. The van der Waals surface area contributed by atoms with Crippen molar-refractivity contribution in [2.24, 2.45) is 12.9 Å². The molecule has 8 bridgehead atoms. The molecule has 4 aromatic carbocycles. The molecule has 7 rings (SSSR count). The number of nitrogens with two attached hydrogens (primary N) is 1. The van der Waals surface area contributed by atoms with Gasteiger partial charge in [0.05, 0.1) is 36.5 Å². The number of hydrogen-bond acceptors (Lipinski definition) is 8. The van der Waals surface area contributed by atoms with E-state index < -0.39 is 5.97 Å². The first-order valence-corrected chi connectivity index (χ1v) is 21.4. The molecule has 0 saturated carbocycles. The summed E-state index contributed by atoms with van der Waals surface area (Å²) in [5.74, 6) is 9.77. The van der Waals surface area contributed by atoms with Crippen molar-refractivity contribution in [2.75, 3.05) is 19.5 Å². The van der Waals surface area contributed by atoms with Gasteiger partial charge in [-0.05, 0) is 104 Å². The Morgan fingerprint density at radius 1 is 1.05 bits per heavy atom. The first-order valence-electron chi connectivity index (χ1n) is 18.9. The number of halogens is 1. The molecule has 0 aliphatic carbocycles. The number of carboxylic acid groups (broad SMARTS) is 1. The Bertz CT molecular complexity index is 2420. The second-order valence-electron chi connectivity index (χ2n) is 14.4. The Morgan fingerprint density at radius 3 is 2.59 bits per heavy atom. The van der Waals surface area contributed by atoms with Crippen LogP contribution < -0.4 is 15.3 Å². The van der Waals surface area contributed by atoms with Crippen LogP contribution in [0.5, 0.6) is 11.5 Å². The maximum absolute atomic E-state index is 13.0. The van der Waals surface area contributed by atoms with Crippen LogP contribution in [-0.4, -0.2) is 49.9 Å². The number of carboxylic acids is 1. The lowest BCUT2D eigenvalue weighted by Gasteiger charge is -2.25. The highest BCUT2D eigenvalue weighted by Gasteiger charge is 2.26. The van der Waals surface area contributed by atoms with Gasteiger partial charge < -0.3 is 24.2 Å². The molecule has 0 saturated heterocycles. The number of allylic oxidation sites excluding steroid dienone is 2. The maximum atomic E-state index is 13.0. The number of methoxy groups -OCH3 is 1. The highest BCUT2D eigenvalue weighted by atomic mass is 35.5. The van der Waals surface area contributed by atoms with Crippen molar-refractivity contribution >= 4 is 68.3 Å². The number of hydrazine groups is 1. The third-order valence-corrected chi connectivity index (χ3v) is 12.7. The second-order valence-corrected chi connectivity index (χ2v) is 17.0. The zero-order chi connectivity index (χ0) is 39.5. The first kappa shape index (κ1) is 39.7. The average Bonchev–Trinajstić information content (AvgIpc) is 3.73. The van der Waals surface area contributed by atoms with Crippen LogP contribution in [-0.2, 0) is 31.5 Å². The number of ether oxygens (including phenoxy) is 2. The molecule has 1 aliphatic rings. The molecule has 0 radical (unpaired) electrons. The second kappa shape index (κ2) is 17.3. The normalized spacial score (nSPS) is 15.1. The summed E-state index contributed by atoms with van der Waals surface area (Å²) in [6, 6.07) is 26.8. The Balaban J connectivity index is 1.32. The van der Waals surface area contributed by atoms with Gasteiger partial charge in [0.2, 0.25) is 0 Å². The zero-order valence-corrected chi connectivity index (χ0v) is 34.9. The fraction of sp³-hybridized carbons (Fsp3) is 0.318. The van der Waals surface area contributed by atoms with Gasteiger partial charge in [0.1, 0.15) is 17.2 Å². The lowest BCUT2D eigenvalue weighted by atomic mass is 9.96. The monoisotopic (exact) mass is 809 g/mol. The summed E-state index contributed by atoms with van der Waals surface area (Å²) in [7, 11) is 3.47. The molecule has 0 spiro atoms. The van der Waals surface area contributed by atoms with Gasteiger partial charge in [-0.3, -0.25) is 4.68 Å². The van der Waals surface area contributed by atoms with E-state index in [2.05, 4.69) is 48.9 Å². The number of aromatic nitrogens is 3. The molecule has 12 heteroatoms. The summed E-state index contributed by atoms with van der Waals surface area (Å²) in [5.41, 5.74) is 7.68. The van der Waals surface area contributed by atoms with E-state index >= 15 is 0 Å². The molecule has 2 aromatic heterocycles. The van der Waals surface area contributed by atoms with E-state index in [1.165, 1.54) is 5.69 Å². The Hall–Kier alpha value is -4.55. The van der Waals surface area contributed by atoms with Crippen LogP contribution in [0, 0.1) is 0 Å². The van der Waals surface area contributed by atoms with Crippen LogP contribution in [0.2, 0.25) is 5.02 Å². The molecular weight excluding hydrogens is 762 g/mol. The van der Waals surface area contributed by atoms with Crippen molar-refractivity contribution < 1.29 is 19.4 Å². The minimum atomic E-state index is -0.982. The number of nitrogens with zero attached hydrogens (tertiary/aromatic N) is 4. The number of aryl methyl sites for hydroxylation is 2. The minimum absolute atomic E-state index is 0.220. The third kappa shape index (κ3) is 8.27. The molecule has 1 aliphatic heterocycles. The van der Waals surface area contributed by atoms with E-state index in [1.807, 2.05) is 74.3 Å². The summed E-state index contributed by atoms with van der Waals surface area (Å²) in [4.78, 5) is 14.1. The molecule has 0 fully saturated rings. The SMILES string of the molecule is COc1ccc(CN(N)/C(C)=C2\CCSCc3cc(n(C(C)C)n3)CSc3cc(c4ccccc4c3)OCCCc3c(C(=O)O)n(C)c4c2c(Cl)ccc34)cc1. The Kier molecular flexibility index (Phi) is 12.3. The van der Waals surface area contributed by atoms with Crippen molar-refractivity contribution in [3.05, 3.63) is 123 Å². The van der Waals surface area contributed by atoms with Gasteiger partial charge in [-0.1, -0.05) is 54.1 Å². The Labute approximate surface area is 341 Å². The molecule has 0 amide bonds. The number of hydrogen-bond donors (Lipinski definition) is 2. The summed E-state index contributed by atoms with van der Waals surface area (Å²) >= 11 is 10.8. The predicted molar refractivity (Wildman–Crippen MR) is 231 cm³/mol. The zero-order valence-electron chi connectivity index (χ0n) is 32.5. The van der Waals surface area contributed by atoms with Crippen molar-refractivity contribution in [1.29, 1.82) is 0 Å². The molecule has 6 aromatic rings. The number of rotatable bonds is 6. The average molecular weight is 810 g/mol. The van der Waals surface area contributed by atoms with Gasteiger partial charge in [0, 0.05) is 57.2 Å². The Morgan fingerprint density at radius 2 is 1.84 bits per heavy atom. The quantitative estimate of drug-likeness (QED) is 0.126. The summed E-state index contributed by atoms with van der Waals surface area (Å²) in [6.07, 6.45) is 1.79. The lowest BCUT2D eigenvalue weighted by molar-refractivity contribution is 0.0685. The van der Waals surface area contributed by atoms with E-state index in [-0.39, 0.29) is 11.7 Å². The minimum Gasteiger partial charge on any atom is -0.497 e. The van der Waals surface area contributed by atoms with Crippen molar-refractivity contribution in [3.8, 4) is 11.5 Å². The molecule has 3 N–H and O–H groups in total. The molecule has 9 nitrogen and oxygen atoms in total. The van der Waals surface area contributed by atoms with Gasteiger partial charge in [-0.2, -0.15) is 16.9 Å². The van der Waals surface area contributed by atoms with E-state index in [4.69, 9.17) is 32.0 Å². The van der Waals surface area contributed by atoms with E-state index in [1.54, 1.807) is 28.4 Å². The van der Waals surface area contributed by atoms with Gasteiger partial charge in [-0.15, -0.1) is 11.8 Å². The van der Waals surface area contributed by atoms with Gasteiger partial charge in [0.15, 0.2) is 0 Å². The first-order chi connectivity index (χ1) is 27.0. The van der Waals surface area contributed by atoms with Crippen molar-refractivity contribution in [3.63, 3.8) is 0 Å². The van der Waals surface area contributed by atoms with Gasteiger partial charge in [0.25, 0.3) is 0 Å².